The summed E-state index contributed by atoms with van der Waals surface area (Å²) in [6.07, 6.45) is 0.292. The fourth-order valence-corrected chi connectivity index (χ4v) is 4.78. The standard InChI is InChI=1S/C18H22ClN3O8S/c1-10(2)16(21-17(24)11-3-4-13(19)14(7-11)22(26)27)18(25)30-8-15(23)20-12-5-6-31(28,29)9-12/h3-4,7,10,12,16H,5-6,8-9H2,1-2H3,(H,20,23)(H,21,24)/t12?,16-/m0/s1. The number of esters is 1. The number of ether oxygens (including phenoxy) is 1. The van der Waals surface area contributed by atoms with Crippen LogP contribution in [0.15, 0.2) is 18.2 Å². The molecule has 1 aliphatic heterocycles. The van der Waals surface area contributed by atoms with Crippen molar-refractivity contribution in [2.45, 2.75) is 32.4 Å². The van der Waals surface area contributed by atoms with Crippen LogP contribution in [-0.2, 0) is 24.2 Å². The first-order chi connectivity index (χ1) is 14.4. The number of nitro benzene ring substituents is 1. The van der Waals surface area contributed by atoms with Gasteiger partial charge in [-0.15, -0.1) is 0 Å². The Labute approximate surface area is 183 Å². The van der Waals surface area contributed by atoms with Crippen molar-refractivity contribution < 1.29 is 32.5 Å². The largest absolute Gasteiger partial charge is 0.454 e. The summed E-state index contributed by atoms with van der Waals surface area (Å²) < 4.78 is 27.8. The van der Waals surface area contributed by atoms with Gasteiger partial charge in [0.1, 0.15) is 11.1 Å². The van der Waals surface area contributed by atoms with E-state index in [1.54, 1.807) is 13.8 Å². The van der Waals surface area contributed by atoms with Crippen LogP contribution in [0.4, 0.5) is 5.69 Å². The summed E-state index contributed by atoms with van der Waals surface area (Å²) in [6.45, 7) is 2.64. The maximum atomic E-state index is 12.5. The highest BCUT2D eigenvalue weighted by atomic mass is 35.5. The van der Waals surface area contributed by atoms with Gasteiger partial charge < -0.3 is 15.4 Å². The zero-order valence-electron chi connectivity index (χ0n) is 16.8. The minimum atomic E-state index is -3.17. The molecule has 13 heteroatoms. The molecular weight excluding hydrogens is 454 g/mol. The van der Waals surface area contributed by atoms with Gasteiger partial charge in [-0.1, -0.05) is 25.4 Å². The Kier molecular flexibility index (Phi) is 7.96. The van der Waals surface area contributed by atoms with Gasteiger partial charge in [-0.3, -0.25) is 19.7 Å². The highest BCUT2D eigenvalue weighted by Crippen LogP contribution is 2.25. The lowest BCUT2D eigenvalue weighted by molar-refractivity contribution is -0.384. The van der Waals surface area contributed by atoms with Gasteiger partial charge in [-0.2, -0.15) is 0 Å². The van der Waals surface area contributed by atoms with E-state index in [0.29, 0.717) is 6.42 Å². The number of nitrogens with one attached hydrogen (secondary N) is 2. The van der Waals surface area contributed by atoms with Crippen LogP contribution in [0.3, 0.4) is 0 Å². The van der Waals surface area contributed by atoms with E-state index in [-0.39, 0.29) is 22.1 Å². The average molecular weight is 476 g/mol. The minimum Gasteiger partial charge on any atom is -0.454 e. The molecule has 2 rings (SSSR count). The molecular formula is C18H22ClN3O8S. The van der Waals surface area contributed by atoms with Crippen molar-refractivity contribution in [2.75, 3.05) is 18.1 Å². The van der Waals surface area contributed by atoms with E-state index >= 15 is 0 Å². The summed E-state index contributed by atoms with van der Waals surface area (Å²) in [7, 11) is -3.17. The highest BCUT2D eigenvalue weighted by molar-refractivity contribution is 7.91. The Balaban J connectivity index is 1.96. The Morgan fingerprint density at radius 3 is 2.55 bits per heavy atom. The van der Waals surface area contributed by atoms with Crippen LogP contribution in [0.5, 0.6) is 0 Å². The molecule has 0 saturated carbocycles. The average Bonchev–Trinajstić information content (AvgIpc) is 3.01. The number of halogens is 1. The third-order valence-corrected chi connectivity index (χ3v) is 6.64. The van der Waals surface area contributed by atoms with Crippen molar-refractivity contribution in [3.8, 4) is 0 Å². The Morgan fingerprint density at radius 1 is 1.32 bits per heavy atom. The van der Waals surface area contributed by atoms with Gasteiger partial charge in [0.05, 0.1) is 16.4 Å². The van der Waals surface area contributed by atoms with Crippen LogP contribution in [0.25, 0.3) is 0 Å². The molecule has 1 aromatic carbocycles. The number of benzene rings is 1. The number of amides is 2. The minimum absolute atomic E-state index is 0.0119. The summed E-state index contributed by atoms with van der Waals surface area (Å²) >= 11 is 5.73. The first kappa shape index (κ1) is 24.5. The lowest BCUT2D eigenvalue weighted by atomic mass is 10.0. The van der Waals surface area contributed by atoms with Gasteiger partial charge in [0.15, 0.2) is 16.4 Å². The molecule has 0 spiro atoms. The third kappa shape index (κ3) is 6.89. The van der Waals surface area contributed by atoms with Gasteiger partial charge in [0, 0.05) is 17.7 Å². The predicted molar refractivity (Wildman–Crippen MR) is 110 cm³/mol. The summed E-state index contributed by atoms with van der Waals surface area (Å²) in [5, 5.41) is 15.8. The molecule has 1 aliphatic rings. The number of sulfone groups is 1. The maximum absolute atomic E-state index is 12.5. The van der Waals surface area contributed by atoms with Crippen LogP contribution in [0, 0.1) is 16.0 Å². The van der Waals surface area contributed by atoms with Crippen molar-refractivity contribution in [3.63, 3.8) is 0 Å². The van der Waals surface area contributed by atoms with Crippen LogP contribution < -0.4 is 10.6 Å². The number of hydrogen-bond acceptors (Lipinski definition) is 8. The van der Waals surface area contributed by atoms with E-state index in [1.165, 1.54) is 12.1 Å². The molecule has 0 bridgehead atoms. The topological polar surface area (TPSA) is 162 Å². The lowest BCUT2D eigenvalue weighted by Gasteiger charge is -2.21. The Hall–Kier alpha value is -2.73. The van der Waals surface area contributed by atoms with Crippen molar-refractivity contribution in [2.24, 2.45) is 5.92 Å². The molecule has 170 valence electrons. The van der Waals surface area contributed by atoms with E-state index in [9.17, 15) is 32.9 Å². The molecule has 1 heterocycles. The fraction of sp³-hybridized carbons (Fsp3) is 0.500. The first-order valence-electron chi connectivity index (χ1n) is 9.31. The Bertz CT molecular complexity index is 996. The normalized spacial score (nSPS) is 18.3. The summed E-state index contributed by atoms with van der Waals surface area (Å²) in [5.41, 5.74) is -0.529. The molecule has 1 unspecified atom stereocenters. The second kappa shape index (κ2) is 10.1. The van der Waals surface area contributed by atoms with Crippen LogP contribution in [0.1, 0.15) is 30.6 Å². The molecule has 11 nitrogen and oxygen atoms in total. The summed E-state index contributed by atoms with van der Waals surface area (Å²) in [5.74, 6) is -2.87. The first-order valence-corrected chi connectivity index (χ1v) is 11.5. The zero-order chi connectivity index (χ0) is 23.3. The van der Waals surface area contributed by atoms with Crippen LogP contribution in [0.2, 0.25) is 5.02 Å². The maximum Gasteiger partial charge on any atom is 0.329 e. The Morgan fingerprint density at radius 2 is 2.00 bits per heavy atom. The molecule has 2 atom stereocenters. The number of nitro groups is 1. The molecule has 0 radical (unpaired) electrons. The monoisotopic (exact) mass is 475 g/mol. The van der Waals surface area contributed by atoms with Gasteiger partial charge in [-0.25, -0.2) is 13.2 Å². The van der Waals surface area contributed by atoms with Gasteiger partial charge in [-0.05, 0) is 24.5 Å². The van der Waals surface area contributed by atoms with Gasteiger partial charge >= 0.3 is 5.97 Å². The highest BCUT2D eigenvalue weighted by Gasteiger charge is 2.30. The van der Waals surface area contributed by atoms with Crippen LogP contribution >= 0.6 is 11.6 Å². The van der Waals surface area contributed by atoms with Crippen molar-refractivity contribution in [1.82, 2.24) is 10.6 Å². The van der Waals surface area contributed by atoms with E-state index < -0.39 is 62.8 Å². The number of rotatable bonds is 8. The number of carbonyl (C=O) groups excluding carboxylic acids is 3. The second-order valence-electron chi connectivity index (χ2n) is 7.39. The predicted octanol–water partition coefficient (Wildman–Crippen LogP) is 0.849. The van der Waals surface area contributed by atoms with Gasteiger partial charge in [0.2, 0.25) is 0 Å². The summed E-state index contributed by atoms with van der Waals surface area (Å²) in [4.78, 5) is 47.0. The molecule has 2 amide bonds. The molecule has 1 saturated heterocycles. The van der Waals surface area contributed by atoms with Gasteiger partial charge in [0.25, 0.3) is 17.5 Å². The van der Waals surface area contributed by atoms with Crippen molar-refractivity contribution >= 4 is 44.9 Å². The molecule has 1 fully saturated rings. The lowest BCUT2D eigenvalue weighted by Crippen LogP contribution is -2.46. The molecule has 0 aliphatic carbocycles. The quantitative estimate of drug-likeness (QED) is 0.317. The molecule has 1 aromatic rings. The smallest absolute Gasteiger partial charge is 0.329 e. The van der Waals surface area contributed by atoms with Crippen LogP contribution in [-0.4, -0.2) is 61.3 Å². The molecule has 0 aromatic heterocycles. The number of hydrogen-bond donors (Lipinski definition) is 2. The molecule has 31 heavy (non-hydrogen) atoms. The fourth-order valence-electron chi connectivity index (χ4n) is 2.92. The third-order valence-electron chi connectivity index (χ3n) is 4.56. The van der Waals surface area contributed by atoms with E-state index in [1.807, 2.05) is 0 Å². The number of carbonyl (C=O) groups is 3. The van der Waals surface area contributed by atoms with Crippen molar-refractivity contribution in [3.05, 3.63) is 38.9 Å². The van der Waals surface area contributed by atoms with E-state index in [0.717, 1.165) is 6.07 Å². The van der Waals surface area contributed by atoms with E-state index in [4.69, 9.17) is 16.3 Å². The SMILES string of the molecule is CC(C)[C@H](NC(=O)c1ccc(Cl)c([N+](=O)[O-])c1)C(=O)OCC(=O)NC1CCS(=O)(=O)C1. The zero-order valence-corrected chi connectivity index (χ0v) is 18.4. The number of nitrogens with zero attached hydrogens (tertiary/aromatic N) is 1. The molecule has 2 N–H and O–H groups in total. The summed E-state index contributed by atoms with van der Waals surface area (Å²) in [6, 6.07) is 1.81. The van der Waals surface area contributed by atoms with Crippen molar-refractivity contribution in [1.29, 1.82) is 0 Å². The van der Waals surface area contributed by atoms with E-state index in [2.05, 4.69) is 10.6 Å². The second-order valence-corrected chi connectivity index (χ2v) is 10.0.